The molecule has 0 heterocycles. The minimum Gasteiger partial charge on any atom is -0.497 e. The van der Waals surface area contributed by atoms with Gasteiger partial charge in [0.05, 0.1) is 7.11 Å². The van der Waals surface area contributed by atoms with Gasteiger partial charge in [0, 0.05) is 24.6 Å². The Hall–Kier alpha value is -1.06. The number of aliphatic hydroxyl groups is 1. The lowest BCUT2D eigenvalue weighted by atomic mass is 9.75. The topological polar surface area (TPSA) is 41.5 Å². The first-order chi connectivity index (χ1) is 10.2. The van der Waals surface area contributed by atoms with Crippen LogP contribution in [0, 0.1) is 5.41 Å². The first kappa shape index (κ1) is 16.3. The molecule has 1 aliphatic carbocycles. The summed E-state index contributed by atoms with van der Waals surface area (Å²) in [6.45, 7) is 5.54. The summed E-state index contributed by atoms with van der Waals surface area (Å²) >= 11 is 0. The maximum atomic E-state index is 9.61. The van der Waals surface area contributed by atoms with Crippen LogP contribution in [0.5, 0.6) is 5.75 Å². The highest BCUT2D eigenvalue weighted by atomic mass is 16.5. The molecule has 0 aromatic heterocycles. The minimum atomic E-state index is 0.0607. The van der Waals surface area contributed by atoms with E-state index in [1.165, 1.54) is 18.4 Å². The average Bonchev–Trinajstić information content (AvgIpc) is 2.51. The predicted molar refractivity (Wildman–Crippen MR) is 86.9 cm³/mol. The molecule has 0 amide bonds. The van der Waals surface area contributed by atoms with Crippen LogP contribution in [0.15, 0.2) is 24.3 Å². The molecule has 0 atom stereocenters. The van der Waals surface area contributed by atoms with Crippen LogP contribution in [0.3, 0.4) is 0 Å². The van der Waals surface area contributed by atoms with Crippen LogP contribution in [-0.2, 0) is 0 Å². The van der Waals surface area contributed by atoms with Crippen molar-refractivity contribution in [3.8, 4) is 5.75 Å². The van der Waals surface area contributed by atoms with Crippen LogP contribution in [0.4, 0.5) is 0 Å². The summed E-state index contributed by atoms with van der Waals surface area (Å²) in [5.74, 6) is 1.59. The SMILES string of the molecule is CCC(CC)(CO)CNC1CC(c2ccc(OC)cc2)C1. The third-order valence-corrected chi connectivity index (χ3v) is 5.33. The predicted octanol–water partition coefficient (Wildman–Crippen LogP) is 3.33. The van der Waals surface area contributed by atoms with Gasteiger partial charge >= 0.3 is 0 Å². The quantitative estimate of drug-likeness (QED) is 0.772. The van der Waals surface area contributed by atoms with E-state index in [9.17, 15) is 5.11 Å². The molecule has 1 aliphatic rings. The summed E-state index contributed by atoms with van der Waals surface area (Å²) < 4.78 is 5.20. The van der Waals surface area contributed by atoms with Crippen LogP contribution < -0.4 is 10.1 Å². The summed E-state index contributed by atoms with van der Waals surface area (Å²) in [6.07, 6.45) is 4.45. The van der Waals surface area contributed by atoms with Gasteiger partial charge in [-0.2, -0.15) is 0 Å². The van der Waals surface area contributed by atoms with Gasteiger partial charge in [0.1, 0.15) is 5.75 Å². The molecule has 1 aromatic carbocycles. The molecule has 0 aliphatic heterocycles. The molecule has 0 saturated heterocycles. The summed E-state index contributed by atoms with van der Waals surface area (Å²) in [5.41, 5.74) is 1.47. The zero-order valence-electron chi connectivity index (χ0n) is 13.6. The lowest BCUT2D eigenvalue weighted by Crippen LogP contribution is -2.46. The van der Waals surface area contributed by atoms with Crippen LogP contribution in [-0.4, -0.2) is 31.4 Å². The molecule has 2 N–H and O–H groups in total. The molecule has 1 saturated carbocycles. The monoisotopic (exact) mass is 291 g/mol. The van der Waals surface area contributed by atoms with Crippen molar-refractivity contribution in [1.82, 2.24) is 5.32 Å². The van der Waals surface area contributed by atoms with Crippen molar-refractivity contribution in [3.63, 3.8) is 0 Å². The highest BCUT2D eigenvalue weighted by Crippen LogP contribution is 2.38. The Kier molecular flexibility index (Phi) is 5.65. The lowest BCUT2D eigenvalue weighted by Gasteiger charge is -2.39. The van der Waals surface area contributed by atoms with Crippen molar-refractivity contribution < 1.29 is 9.84 Å². The van der Waals surface area contributed by atoms with Gasteiger partial charge in [0.25, 0.3) is 0 Å². The second-order valence-corrected chi connectivity index (χ2v) is 6.38. The molecule has 21 heavy (non-hydrogen) atoms. The average molecular weight is 291 g/mol. The van der Waals surface area contributed by atoms with Gasteiger partial charge in [-0.3, -0.25) is 0 Å². The van der Waals surface area contributed by atoms with E-state index in [1.807, 2.05) is 12.1 Å². The van der Waals surface area contributed by atoms with Gasteiger partial charge in [-0.25, -0.2) is 0 Å². The zero-order valence-corrected chi connectivity index (χ0v) is 13.6. The second-order valence-electron chi connectivity index (χ2n) is 6.38. The molecule has 118 valence electrons. The van der Waals surface area contributed by atoms with E-state index >= 15 is 0 Å². The van der Waals surface area contributed by atoms with E-state index in [4.69, 9.17) is 4.74 Å². The lowest BCUT2D eigenvalue weighted by molar-refractivity contribution is 0.103. The van der Waals surface area contributed by atoms with Crippen LogP contribution in [0.1, 0.15) is 51.0 Å². The van der Waals surface area contributed by atoms with E-state index in [0.717, 1.165) is 25.1 Å². The molecule has 2 rings (SSSR count). The third kappa shape index (κ3) is 3.78. The van der Waals surface area contributed by atoms with E-state index in [2.05, 4.69) is 31.3 Å². The fraction of sp³-hybridized carbons (Fsp3) is 0.667. The van der Waals surface area contributed by atoms with Crippen LogP contribution in [0.25, 0.3) is 0 Å². The largest absolute Gasteiger partial charge is 0.497 e. The fourth-order valence-electron chi connectivity index (χ4n) is 3.07. The van der Waals surface area contributed by atoms with Gasteiger partial charge in [0.15, 0.2) is 0 Å². The van der Waals surface area contributed by atoms with Crippen LogP contribution in [0.2, 0.25) is 0 Å². The molecule has 0 unspecified atom stereocenters. The molecule has 0 spiro atoms. The van der Waals surface area contributed by atoms with Crippen molar-refractivity contribution >= 4 is 0 Å². The Morgan fingerprint density at radius 2 is 1.81 bits per heavy atom. The van der Waals surface area contributed by atoms with Gasteiger partial charge in [-0.1, -0.05) is 26.0 Å². The number of hydrogen-bond acceptors (Lipinski definition) is 3. The molecular formula is C18H29NO2. The van der Waals surface area contributed by atoms with E-state index in [0.29, 0.717) is 12.0 Å². The van der Waals surface area contributed by atoms with Gasteiger partial charge < -0.3 is 15.2 Å². The number of methoxy groups -OCH3 is 1. The number of benzene rings is 1. The van der Waals surface area contributed by atoms with Crippen molar-refractivity contribution in [1.29, 1.82) is 0 Å². The summed E-state index contributed by atoms with van der Waals surface area (Å²) in [7, 11) is 1.70. The first-order valence-electron chi connectivity index (χ1n) is 8.14. The number of hydrogen-bond donors (Lipinski definition) is 2. The summed E-state index contributed by atoms with van der Waals surface area (Å²) in [6, 6.07) is 9.04. The smallest absolute Gasteiger partial charge is 0.118 e. The normalized spacial score (nSPS) is 21.9. The summed E-state index contributed by atoms with van der Waals surface area (Å²) in [5, 5.41) is 13.3. The highest BCUT2D eigenvalue weighted by Gasteiger charge is 2.32. The molecule has 1 fully saturated rings. The fourth-order valence-corrected chi connectivity index (χ4v) is 3.07. The number of ether oxygens (including phenoxy) is 1. The second kappa shape index (κ2) is 7.28. The van der Waals surface area contributed by atoms with E-state index in [1.54, 1.807) is 7.11 Å². The first-order valence-corrected chi connectivity index (χ1v) is 8.14. The van der Waals surface area contributed by atoms with Crippen molar-refractivity contribution in [3.05, 3.63) is 29.8 Å². The molecule has 1 aromatic rings. The molecule has 3 heteroatoms. The van der Waals surface area contributed by atoms with Gasteiger partial charge in [0.2, 0.25) is 0 Å². The molecule has 3 nitrogen and oxygen atoms in total. The van der Waals surface area contributed by atoms with Gasteiger partial charge in [-0.05, 0) is 49.3 Å². The minimum absolute atomic E-state index is 0.0607. The zero-order chi connectivity index (χ0) is 15.3. The van der Waals surface area contributed by atoms with Gasteiger partial charge in [-0.15, -0.1) is 0 Å². The van der Waals surface area contributed by atoms with Crippen LogP contribution >= 0.6 is 0 Å². The van der Waals surface area contributed by atoms with E-state index < -0.39 is 0 Å². The maximum absolute atomic E-state index is 9.61. The molecular weight excluding hydrogens is 262 g/mol. The summed E-state index contributed by atoms with van der Waals surface area (Å²) in [4.78, 5) is 0. The Morgan fingerprint density at radius 1 is 1.19 bits per heavy atom. The standard InChI is InChI=1S/C18H29NO2/c1-4-18(5-2,13-20)12-19-16-10-15(11-16)14-6-8-17(21-3)9-7-14/h6-9,15-16,19-20H,4-5,10-13H2,1-3H3. The van der Waals surface area contributed by atoms with Crippen molar-refractivity contribution in [2.24, 2.45) is 5.41 Å². The molecule has 0 bridgehead atoms. The number of nitrogens with one attached hydrogen (secondary N) is 1. The Labute approximate surface area is 128 Å². The Morgan fingerprint density at radius 3 is 2.29 bits per heavy atom. The number of rotatable bonds is 8. The van der Waals surface area contributed by atoms with E-state index in [-0.39, 0.29) is 12.0 Å². The Balaban J connectivity index is 1.78. The van der Waals surface area contributed by atoms with Crippen molar-refractivity contribution in [2.45, 2.75) is 51.5 Å². The maximum Gasteiger partial charge on any atom is 0.118 e. The third-order valence-electron chi connectivity index (χ3n) is 5.33. The number of aliphatic hydroxyl groups excluding tert-OH is 1. The van der Waals surface area contributed by atoms with Crippen molar-refractivity contribution in [2.75, 3.05) is 20.3 Å². The molecule has 0 radical (unpaired) electrons. The Bertz CT molecular complexity index is 411. The highest BCUT2D eigenvalue weighted by molar-refractivity contribution is 5.30.